The number of benzene rings is 2. The van der Waals surface area contributed by atoms with Crippen molar-refractivity contribution in [2.75, 3.05) is 12.4 Å². The number of hydrogen-bond donors (Lipinski definition) is 1. The van der Waals surface area contributed by atoms with Crippen LogP contribution in [0, 0.1) is 11.3 Å². The van der Waals surface area contributed by atoms with E-state index in [1.807, 2.05) is 6.07 Å². The lowest BCUT2D eigenvalue weighted by molar-refractivity contribution is -0.112. The van der Waals surface area contributed by atoms with Crippen LogP contribution in [0.1, 0.15) is 5.56 Å². The van der Waals surface area contributed by atoms with Gasteiger partial charge < -0.3 is 10.1 Å². The Labute approximate surface area is 143 Å². The maximum absolute atomic E-state index is 12.3. The standard InChI is InChI=1S/C17H12Cl2N2O2/c1-23-15-8-3-2-7-14(15)21-17(22)12(10-20)9-11-5-4-6-13(18)16(11)19/h2-9H,1H3,(H,21,22)/b12-9+. The highest BCUT2D eigenvalue weighted by atomic mass is 35.5. The Hall–Kier alpha value is -2.48. The second kappa shape index (κ2) is 7.68. The first-order chi connectivity index (χ1) is 11.1. The first kappa shape index (κ1) is 16.9. The third kappa shape index (κ3) is 4.04. The van der Waals surface area contributed by atoms with Crippen molar-refractivity contribution in [2.24, 2.45) is 0 Å². The Morgan fingerprint density at radius 2 is 1.96 bits per heavy atom. The second-order valence-electron chi connectivity index (χ2n) is 4.47. The van der Waals surface area contributed by atoms with Gasteiger partial charge in [-0.2, -0.15) is 5.26 Å². The van der Waals surface area contributed by atoms with Crippen LogP contribution in [0.15, 0.2) is 48.0 Å². The van der Waals surface area contributed by atoms with E-state index in [-0.39, 0.29) is 10.6 Å². The maximum atomic E-state index is 12.3. The van der Waals surface area contributed by atoms with E-state index in [0.717, 1.165) is 0 Å². The lowest BCUT2D eigenvalue weighted by Gasteiger charge is -2.09. The minimum atomic E-state index is -0.562. The molecule has 2 aromatic rings. The summed E-state index contributed by atoms with van der Waals surface area (Å²) in [6.07, 6.45) is 1.39. The van der Waals surface area contributed by atoms with E-state index in [1.165, 1.54) is 13.2 Å². The van der Waals surface area contributed by atoms with E-state index in [4.69, 9.17) is 27.9 Å². The molecule has 1 N–H and O–H groups in total. The molecule has 0 fully saturated rings. The molecule has 0 bridgehead atoms. The number of para-hydroxylation sites is 2. The van der Waals surface area contributed by atoms with Gasteiger partial charge in [-0.3, -0.25) is 4.79 Å². The fourth-order valence-corrected chi connectivity index (χ4v) is 2.24. The van der Waals surface area contributed by atoms with Gasteiger partial charge in [0.05, 0.1) is 22.8 Å². The molecule has 0 atom stereocenters. The van der Waals surface area contributed by atoms with Crippen molar-refractivity contribution in [1.29, 1.82) is 5.26 Å². The number of halogens is 2. The van der Waals surface area contributed by atoms with Gasteiger partial charge in [-0.05, 0) is 29.8 Å². The Kier molecular flexibility index (Phi) is 5.64. The van der Waals surface area contributed by atoms with Crippen molar-refractivity contribution < 1.29 is 9.53 Å². The molecule has 0 aliphatic rings. The first-order valence-corrected chi connectivity index (χ1v) is 7.32. The highest BCUT2D eigenvalue weighted by molar-refractivity contribution is 6.43. The summed E-state index contributed by atoms with van der Waals surface area (Å²) in [6.45, 7) is 0. The molecule has 0 aromatic heterocycles. The Morgan fingerprint density at radius 1 is 1.22 bits per heavy atom. The zero-order chi connectivity index (χ0) is 16.8. The lowest BCUT2D eigenvalue weighted by Crippen LogP contribution is -2.14. The summed E-state index contributed by atoms with van der Waals surface area (Å²) in [5.74, 6) is -0.0630. The van der Waals surface area contributed by atoms with Crippen LogP contribution in [0.3, 0.4) is 0 Å². The first-order valence-electron chi connectivity index (χ1n) is 6.57. The third-order valence-electron chi connectivity index (χ3n) is 3.00. The molecule has 0 heterocycles. The summed E-state index contributed by atoms with van der Waals surface area (Å²) >= 11 is 12.0. The monoisotopic (exact) mass is 346 g/mol. The molecule has 2 aromatic carbocycles. The summed E-state index contributed by atoms with van der Waals surface area (Å²) in [7, 11) is 1.50. The molecular formula is C17H12Cl2N2O2. The molecule has 0 saturated carbocycles. The Morgan fingerprint density at radius 3 is 2.65 bits per heavy atom. The van der Waals surface area contributed by atoms with Gasteiger partial charge in [0, 0.05) is 0 Å². The van der Waals surface area contributed by atoms with Crippen LogP contribution >= 0.6 is 23.2 Å². The molecule has 0 aliphatic heterocycles. The molecule has 0 unspecified atom stereocenters. The predicted octanol–water partition coefficient (Wildman–Crippen LogP) is 4.55. The van der Waals surface area contributed by atoms with Gasteiger partial charge in [-0.15, -0.1) is 0 Å². The molecular weight excluding hydrogens is 335 g/mol. The summed E-state index contributed by atoms with van der Waals surface area (Å²) in [4.78, 5) is 12.3. The highest BCUT2D eigenvalue weighted by Gasteiger charge is 2.13. The Bertz CT molecular complexity index is 810. The van der Waals surface area contributed by atoms with E-state index >= 15 is 0 Å². The normalized spacial score (nSPS) is 10.8. The van der Waals surface area contributed by atoms with Gasteiger partial charge in [0.1, 0.15) is 17.4 Å². The van der Waals surface area contributed by atoms with Gasteiger partial charge in [-0.1, -0.05) is 47.5 Å². The van der Waals surface area contributed by atoms with Crippen LogP contribution in [0.5, 0.6) is 5.75 Å². The molecule has 0 spiro atoms. The number of carbonyl (C=O) groups excluding carboxylic acids is 1. The van der Waals surface area contributed by atoms with Crippen molar-refractivity contribution in [3.05, 3.63) is 63.6 Å². The fourth-order valence-electron chi connectivity index (χ4n) is 1.87. The molecule has 4 nitrogen and oxygen atoms in total. The molecule has 0 radical (unpaired) electrons. The zero-order valence-electron chi connectivity index (χ0n) is 12.1. The lowest BCUT2D eigenvalue weighted by atomic mass is 10.1. The van der Waals surface area contributed by atoms with Crippen LogP contribution in [0.4, 0.5) is 5.69 Å². The average molecular weight is 347 g/mol. The van der Waals surface area contributed by atoms with Crippen molar-refractivity contribution >= 4 is 40.9 Å². The Balaban J connectivity index is 2.31. The number of methoxy groups -OCH3 is 1. The molecule has 1 amide bonds. The quantitative estimate of drug-likeness (QED) is 0.652. The van der Waals surface area contributed by atoms with Gasteiger partial charge in [0.2, 0.25) is 0 Å². The summed E-state index contributed by atoms with van der Waals surface area (Å²) in [5, 5.41) is 12.5. The molecule has 6 heteroatoms. The predicted molar refractivity (Wildman–Crippen MR) is 91.7 cm³/mol. The van der Waals surface area contributed by atoms with Crippen LogP contribution in [0.2, 0.25) is 10.0 Å². The van der Waals surface area contributed by atoms with E-state index in [2.05, 4.69) is 5.32 Å². The minimum absolute atomic E-state index is 0.0972. The van der Waals surface area contributed by atoms with E-state index in [9.17, 15) is 10.1 Å². The largest absolute Gasteiger partial charge is 0.495 e. The van der Waals surface area contributed by atoms with Gasteiger partial charge in [0.25, 0.3) is 5.91 Å². The molecule has 23 heavy (non-hydrogen) atoms. The number of ether oxygens (including phenoxy) is 1. The number of amides is 1. The van der Waals surface area contributed by atoms with E-state index in [0.29, 0.717) is 22.0 Å². The topological polar surface area (TPSA) is 62.1 Å². The number of carbonyl (C=O) groups is 1. The van der Waals surface area contributed by atoms with Crippen LogP contribution in [-0.2, 0) is 4.79 Å². The fraction of sp³-hybridized carbons (Fsp3) is 0.0588. The molecule has 0 saturated heterocycles. The zero-order valence-corrected chi connectivity index (χ0v) is 13.7. The summed E-state index contributed by atoms with van der Waals surface area (Å²) in [6, 6.07) is 13.8. The number of nitriles is 1. The van der Waals surface area contributed by atoms with Crippen molar-refractivity contribution in [2.45, 2.75) is 0 Å². The number of nitrogens with zero attached hydrogens (tertiary/aromatic N) is 1. The number of hydrogen-bond acceptors (Lipinski definition) is 3. The third-order valence-corrected chi connectivity index (χ3v) is 3.84. The van der Waals surface area contributed by atoms with Crippen LogP contribution < -0.4 is 10.1 Å². The van der Waals surface area contributed by atoms with Gasteiger partial charge in [-0.25, -0.2) is 0 Å². The van der Waals surface area contributed by atoms with E-state index < -0.39 is 5.91 Å². The van der Waals surface area contributed by atoms with Gasteiger partial charge in [0.15, 0.2) is 0 Å². The maximum Gasteiger partial charge on any atom is 0.266 e. The minimum Gasteiger partial charge on any atom is -0.495 e. The average Bonchev–Trinajstić information content (AvgIpc) is 2.56. The SMILES string of the molecule is COc1ccccc1NC(=O)/C(C#N)=C/c1cccc(Cl)c1Cl. The second-order valence-corrected chi connectivity index (χ2v) is 5.25. The highest BCUT2D eigenvalue weighted by Crippen LogP contribution is 2.28. The van der Waals surface area contributed by atoms with Crippen molar-refractivity contribution in [3.63, 3.8) is 0 Å². The number of anilines is 1. The van der Waals surface area contributed by atoms with Gasteiger partial charge >= 0.3 is 0 Å². The van der Waals surface area contributed by atoms with Crippen molar-refractivity contribution in [3.8, 4) is 11.8 Å². The van der Waals surface area contributed by atoms with Crippen LogP contribution in [0.25, 0.3) is 6.08 Å². The smallest absolute Gasteiger partial charge is 0.266 e. The molecule has 0 aliphatic carbocycles. The summed E-state index contributed by atoms with van der Waals surface area (Å²) < 4.78 is 5.16. The number of rotatable bonds is 4. The molecule has 2 rings (SSSR count). The molecule has 116 valence electrons. The number of nitrogens with one attached hydrogen (secondary N) is 1. The van der Waals surface area contributed by atoms with Crippen molar-refractivity contribution in [1.82, 2.24) is 0 Å². The summed E-state index contributed by atoms with van der Waals surface area (Å²) in [5.41, 5.74) is 0.865. The van der Waals surface area contributed by atoms with E-state index in [1.54, 1.807) is 42.5 Å². The van der Waals surface area contributed by atoms with Crippen LogP contribution in [-0.4, -0.2) is 13.0 Å².